The molecule has 1 fully saturated rings. The van der Waals surface area contributed by atoms with Crippen molar-refractivity contribution in [3.05, 3.63) is 44.0 Å². The van der Waals surface area contributed by atoms with Crippen LogP contribution in [0.4, 0.5) is 0 Å². The van der Waals surface area contributed by atoms with Crippen LogP contribution >= 0.6 is 45.8 Å². The lowest BCUT2D eigenvalue weighted by Gasteiger charge is -2.41. The second kappa shape index (κ2) is 8.84. The Labute approximate surface area is 171 Å². The summed E-state index contributed by atoms with van der Waals surface area (Å²) in [4.78, 5) is 25.1. The first-order valence-corrected chi connectivity index (χ1v) is 9.70. The van der Waals surface area contributed by atoms with Crippen LogP contribution in [0.15, 0.2) is 34.8 Å². The standard InChI is InChI=1S/C18H19Cl2IO4/c1-3-25-17(23)16-11(8-15(19)20)9-18(24-2,10-14(16)22)12-4-6-13(21)7-5-12/h4-8,11,16H,3,9-10H2,1-2H3. The molecule has 0 aliphatic heterocycles. The number of carbonyl (C=O) groups excluding carboxylic acids is 2. The molecule has 1 aliphatic rings. The average molecular weight is 497 g/mol. The van der Waals surface area contributed by atoms with Crippen LogP contribution in [0.1, 0.15) is 25.3 Å². The summed E-state index contributed by atoms with van der Waals surface area (Å²) in [6.45, 7) is 1.91. The van der Waals surface area contributed by atoms with Crippen molar-refractivity contribution < 1.29 is 19.1 Å². The number of allylic oxidation sites excluding steroid dienone is 1. The Kier molecular flexibility index (Phi) is 7.31. The van der Waals surface area contributed by atoms with Crippen molar-refractivity contribution in [3.63, 3.8) is 0 Å². The molecular formula is C18H19Cl2IO4. The van der Waals surface area contributed by atoms with Crippen molar-refractivity contribution in [1.82, 2.24) is 0 Å². The third kappa shape index (κ3) is 4.76. The van der Waals surface area contributed by atoms with Crippen LogP contribution < -0.4 is 0 Å². The van der Waals surface area contributed by atoms with Crippen molar-refractivity contribution in [2.75, 3.05) is 13.7 Å². The van der Waals surface area contributed by atoms with Crippen LogP contribution in [-0.2, 0) is 24.7 Å². The number of ketones is 1. The first-order valence-electron chi connectivity index (χ1n) is 7.86. The van der Waals surface area contributed by atoms with Gasteiger partial charge >= 0.3 is 5.97 Å². The Bertz CT molecular complexity index is 670. The summed E-state index contributed by atoms with van der Waals surface area (Å²) < 4.78 is 12.0. The molecule has 136 valence electrons. The maximum absolute atomic E-state index is 12.8. The molecule has 1 aromatic rings. The number of hydrogen-bond acceptors (Lipinski definition) is 4. The SMILES string of the molecule is CCOC(=O)C1C(=O)CC(OC)(c2ccc(I)cc2)CC1C=C(Cl)Cl. The van der Waals surface area contributed by atoms with Gasteiger partial charge in [0.1, 0.15) is 16.0 Å². The second-order valence-corrected chi connectivity index (χ2v) is 8.16. The van der Waals surface area contributed by atoms with Gasteiger partial charge in [-0.15, -0.1) is 0 Å². The maximum Gasteiger partial charge on any atom is 0.317 e. The first-order chi connectivity index (χ1) is 11.8. The topological polar surface area (TPSA) is 52.6 Å². The molecule has 0 bridgehead atoms. The van der Waals surface area contributed by atoms with Gasteiger partial charge in [0.2, 0.25) is 0 Å². The van der Waals surface area contributed by atoms with Gasteiger partial charge in [-0.1, -0.05) is 35.3 Å². The van der Waals surface area contributed by atoms with Gasteiger partial charge in [-0.05, 0) is 59.7 Å². The number of Topliss-reactive ketones (excluding diaryl/α,β-unsaturated/α-hetero) is 1. The molecule has 4 nitrogen and oxygen atoms in total. The summed E-state index contributed by atoms with van der Waals surface area (Å²) in [5.74, 6) is -2.19. The van der Waals surface area contributed by atoms with Crippen LogP contribution in [0.3, 0.4) is 0 Å². The number of esters is 1. The summed E-state index contributed by atoms with van der Waals surface area (Å²) in [6.07, 6.45) is 2.03. The molecule has 0 amide bonds. The van der Waals surface area contributed by atoms with E-state index in [1.54, 1.807) is 14.0 Å². The minimum atomic E-state index is -0.917. The zero-order valence-electron chi connectivity index (χ0n) is 13.9. The Morgan fingerprint density at radius 3 is 2.52 bits per heavy atom. The molecular weight excluding hydrogens is 478 g/mol. The Hall–Kier alpha value is -0.630. The second-order valence-electron chi connectivity index (χ2n) is 5.90. The normalized spacial score (nSPS) is 26.2. The fourth-order valence-electron chi connectivity index (χ4n) is 3.30. The molecule has 0 radical (unpaired) electrons. The average Bonchev–Trinajstić information content (AvgIpc) is 2.54. The van der Waals surface area contributed by atoms with Gasteiger partial charge in [-0.3, -0.25) is 9.59 Å². The summed E-state index contributed by atoms with van der Waals surface area (Å²) in [5, 5.41) is 0. The molecule has 2 rings (SSSR count). The van der Waals surface area contributed by atoms with Crippen molar-refractivity contribution in [2.24, 2.45) is 11.8 Å². The monoisotopic (exact) mass is 496 g/mol. The van der Waals surface area contributed by atoms with Crippen LogP contribution in [-0.4, -0.2) is 25.5 Å². The third-order valence-corrected chi connectivity index (χ3v) is 5.41. The Balaban J connectivity index is 2.44. The smallest absolute Gasteiger partial charge is 0.317 e. The molecule has 0 heterocycles. The first kappa shape index (κ1) is 20.7. The van der Waals surface area contributed by atoms with Crippen LogP contribution in [0.2, 0.25) is 0 Å². The molecule has 1 aromatic carbocycles. The Morgan fingerprint density at radius 1 is 1.36 bits per heavy atom. The highest BCUT2D eigenvalue weighted by Gasteiger charge is 2.49. The summed E-state index contributed by atoms with van der Waals surface area (Å²) in [5.41, 5.74) is 0.0598. The van der Waals surface area contributed by atoms with Gasteiger partial charge in [-0.2, -0.15) is 0 Å². The van der Waals surface area contributed by atoms with Crippen molar-refractivity contribution in [2.45, 2.75) is 25.4 Å². The van der Waals surface area contributed by atoms with E-state index in [-0.39, 0.29) is 23.3 Å². The van der Waals surface area contributed by atoms with Crippen molar-refractivity contribution in [1.29, 1.82) is 0 Å². The van der Waals surface area contributed by atoms with Crippen LogP contribution in [0.25, 0.3) is 0 Å². The largest absolute Gasteiger partial charge is 0.465 e. The maximum atomic E-state index is 12.8. The van der Waals surface area contributed by atoms with E-state index in [0.717, 1.165) is 9.13 Å². The number of methoxy groups -OCH3 is 1. The van der Waals surface area contributed by atoms with E-state index < -0.39 is 23.4 Å². The van der Waals surface area contributed by atoms with Gasteiger partial charge in [0.15, 0.2) is 5.78 Å². The summed E-state index contributed by atoms with van der Waals surface area (Å²) in [7, 11) is 1.57. The lowest BCUT2D eigenvalue weighted by molar-refractivity contribution is -0.161. The van der Waals surface area contributed by atoms with Gasteiger partial charge in [-0.25, -0.2) is 0 Å². The highest BCUT2D eigenvalue weighted by Crippen LogP contribution is 2.45. The molecule has 3 unspecified atom stereocenters. The molecule has 0 spiro atoms. The van der Waals surface area contributed by atoms with Gasteiger partial charge in [0.25, 0.3) is 0 Å². The van der Waals surface area contributed by atoms with E-state index in [0.29, 0.717) is 6.42 Å². The number of ether oxygens (including phenoxy) is 2. The molecule has 0 N–H and O–H groups in total. The van der Waals surface area contributed by atoms with E-state index in [2.05, 4.69) is 22.6 Å². The quantitative estimate of drug-likeness (QED) is 0.339. The lowest BCUT2D eigenvalue weighted by Crippen LogP contribution is -2.46. The molecule has 3 atom stereocenters. The molecule has 1 saturated carbocycles. The molecule has 1 aliphatic carbocycles. The molecule has 25 heavy (non-hydrogen) atoms. The van der Waals surface area contributed by atoms with E-state index in [4.69, 9.17) is 32.7 Å². The predicted molar refractivity (Wildman–Crippen MR) is 105 cm³/mol. The highest BCUT2D eigenvalue weighted by molar-refractivity contribution is 14.1. The zero-order valence-corrected chi connectivity index (χ0v) is 17.6. The fourth-order valence-corrected chi connectivity index (χ4v) is 3.99. The minimum absolute atomic E-state index is 0.0154. The van der Waals surface area contributed by atoms with Crippen molar-refractivity contribution in [3.8, 4) is 0 Å². The number of halogens is 3. The summed E-state index contributed by atoms with van der Waals surface area (Å²) >= 11 is 13.9. The van der Waals surface area contributed by atoms with E-state index in [1.165, 1.54) is 6.08 Å². The van der Waals surface area contributed by atoms with E-state index in [1.807, 2.05) is 24.3 Å². The lowest BCUT2D eigenvalue weighted by atomic mass is 9.68. The number of benzene rings is 1. The zero-order chi connectivity index (χ0) is 18.6. The predicted octanol–water partition coefficient (Wildman–Crippen LogP) is 4.61. The van der Waals surface area contributed by atoms with Gasteiger partial charge < -0.3 is 9.47 Å². The number of carbonyl (C=O) groups is 2. The van der Waals surface area contributed by atoms with E-state index >= 15 is 0 Å². The van der Waals surface area contributed by atoms with Crippen LogP contribution in [0, 0.1) is 15.4 Å². The third-order valence-electron chi connectivity index (χ3n) is 4.44. The molecule has 0 aromatic heterocycles. The molecule has 0 saturated heterocycles. The van der Waals surface area contributed by atoms with Crippen LogP contribution in [0.5, 0.6) is 0 Å². The van der Waals surface area contributed by atoms with Gasteiger partial charge in [0, 0.05) is 23.0 Å². The van der Waals surface area contributed by atoms with Crippen molar-refractivity contribution >= 4 is 57.5 Å². The van der Waals surface area contributed by atoms with E-state index in [9.17, 15) is 9.59 Å². The highest BCUT2D eigenvalue weighted by atomic mass is 127. The van der Waals surface area contributed by atoms with Gasteiger partial charge in [0.05, 0.1) is 6.61 Å². The fraction of sp³-hybridized carbons (Fsp3) is 0.444. The molecule has 7 heteroatoms. The number of rotatable bonds is 5. The summed E-state index contributed by atoms with van der Waals surface area (Å²) in [6, 6.07) is 7.79. The minimum Gasteiger partial charge on any atom is -0.465 e. The number of hydrogen-bond donors (Lipinski definition) is 0. The Morgan fingerprint density at radius 2 is 2.00 bits per heavy atom.